The molecule has 6 heteroatoms. The fourth-order valence-corrected chi connectivity index (χ4v) is 2.28. The number of carbonyl (C=O) groups is 1. The molecule has 2 rings (SSSR count). The zero-order chi connectivity index (χ0) is 13.0. The van der Waals surface area contributed by atoms with Gasteiger partial charge >= 0.3 is 0 Å². The van der Waals surface area contributed by atoms with Crippen LogP contribution in [-0.4, -0.2) is 17.4 Å². The van der Waals surface area contributed by atoms with Crippen LogP contribution in [0, 0.1) is 0 Å². The molecule has 1 aromatic heterocycles. The van der Waals surface area contributed by atoms with Crippen LogP contribution >= 0.6 is 22.9 Å². The Morgan fingerprint density at radius 3 is 2.78 bits per heavy atom. The summed E-state index contributed by atoms with van der Waals surface area (Å²) in [6.45, 7) is -0.0356. The lowest BCUT2D eigenvalue weighted by Gasteiger charge is -1.99. The lowest BCUT2D eigenvalue weighted by atomic mass is 10.1. The number of hydrogen-bond acceptors (Lipinski definition) is 4. The van der Waals surface area contributed by atoms with Gasteiger partial charge in [0.2, 0.25) is 5.91 Å². The van der Waals surface area contributed by atoms with E-state index in [1.165, 1.54) is 11.3 Å². The molecule has 1 heterocycles. The first kappa shape index (κ1) is 13.0. The molecule has 0 aliphatic heterocycles. The van der Waals surface area contributed by atoms with Gasteiger partial charge in [0.1, 0.15) is 0 Å². The predicted octanol–water partition coefficient (Wildman–Crippen LogP) is 2.28. The highest BCUT2D eigenvalue weighted by atomic mass is 35.5. The van der Waals surface area contributed by atoms with Gasteiger partial charge < -0.3 is 11.1 Å². The summed E-state index contributed by atoms with van der Waals surface area (Å²) in [4.78, 5) is 15.4. The minimum Gasteiger partial charge on any atom is -0.322 e. The van der Waals surface area contributed by atoms with Crippen LogP contribution in [0.25, 0.3) is 0 Å². The molecule has 18 heavy (non-hydrogen) atoms. The smallest absolute Gasteiger partial charge is 0.239 e. The zero-order valence-corrected chi connectivity index (χ0v) is 11.1. The van der Waals surface area contributed by atoms with Crippen molar-refractivity contribution in [1.82, 2.24) is 4.98 Å². The first-order chi connectivity index (χ1) is 8.67. The first-order valence-electron chi connectivity index (χ1n) is 5.36. The fraction of sp³-hybridized carbons (Fsp3) is 0.167. The van der Waals surface area contributed by atoms with E-state index in [-0.39, 0.29) is 12.5 Å². The van der Waals surface area contributed by atoms with Crippen molar-refractivity contribution in [3.8, 4) is 0 Å². The number of aromatic nitrogens is 1. The van der Waals surface area contributed by atoms with E-state index >= 15 is 0 Å². The summed E-state index contributed by atoms with van der Waals surface area (Å²) < 4.78 is 0. The molecular formula is C12H12ClN3OS. The fourth-order valence-electron chi connectivity index (χ4n) is 1.43. The van der Waals surface area contributed by atoms with Crippen molar-refractivity contribution in [2.45, 2.75) is 6.42 Å². The summed E-state index contributed by atoms with van der Waals surface area (Å²) in [6, 6.07) is 7.61. The average Bonchev–Trinajstić information content (AvgIpc) is 2.79. The third-order valence-corrected chi connectivity index (χ3v) is 3.34. The molecule has 4 nitrogen and oxygen atoms in total. The molecule has 0 atom stereocenters. The number of benzene rings is 1. The summed E-state index contributed by atoms with van der Waals surface area (Å²) in [5.41, 5.74) is 7.25. The summed E-state index contributed by atoms with van der Waals surface area (Å²) in [5.74, 6) is -0.234. The zero-order valence-electron chi connectivity index (χ0n) is 9.52. The molecule has 1 amide bonds. The van der Waals surface area contributed by atoms with Crippen molar-refractivity contribution in [3.05, 3.63) is 45.9 Å². The Labute approximate surface area is 114 Å². The van der Waals surface area contributed by atoms with Gasteiger partial charge in [0.05, 0.1) is 12.2 Å². The molecule has 0 saturated heterocycles. The maximum atomic E-state index is 11.1. The van der Waals surface area contributed by atoms with Gasteiger partial charge in [-0.3, -0.25) is 4.79 Å². The minimum atomic E-state index is -0.234. The van der Waals surface area contributed by atoms with E-state index in [0.29, 0.717) is 16.6 Å². The second kappa shape index (κ2) is 5.95. The largest absolute Gasteiger partial charge is 0.322 e. The summed E-state index contributed by atoms with van der Waals surface area (Å²) in [5, 5.41) is 5.84. The number of nitrogens with zero attached hydrogens (tertiary/aromatic N) is 1. The Hall–Kier alpha value is -1.43. The number of nitrogens with two attached hydrogens (primary N) is 1. The number of rotatable bonds is 4. The van der Waals surface area contributed by atoms with Gasteiger partial charge in [0.15, 0.2) is 5.13 Å². The van der Waals surface area contributed by atoms with Crippen LogP contribution in [-0.2, 0) is 11.2 Å². The molecule has 0 radical (unpaired) electrons. The minimum absolute atomic E-state index is 0.0356. The van der Waals surface area contributed by atoms with Crippen LogP contribution in [0.4, 0.5) is 5.13 Å². The highest BCUT2D eigenvalue weighted by Crippen LogP contribution is 2.19. The Balaban J connectivity index is 2.02. The third kappa shape index (κ3) is 3.53. The van der Waals surface area contributed by atoms with E-state index < -0.39 is 0 Å². The SMILES string of the molecule is NCC(=O)Nc1nc(Cc2ccc(Cl)cc2)cs1. The van der Waals surface area contributed by atoms with E-state index in [0.717, 1.165) is 11.3 Å². The Kier molecular flexibility index (Phi) is 4.30. The van der Waals surface area contributed by atoms with Crippen molar-refractivity contribution in [3.63, 3.8) is 0 Å². The maximum absolute atomic E-state index is 11.1. The molecule has 1 aromatic carbocycles. The molecule has 0 aliphatic rings. The van der Waals surface area contributed by atoms with Gasteiger partial charge in [-0.15, -0.1) is 11.3 Å². The Morgan fingerprint density at radius 1 is 1.39 bits per heavy atom. The quantitative estimate of drug-likeness (QED) is 0.903. The number of carbonyl (C=O) groups excluding carboxylic acids is 1. The summed E-state index contributed by atoms with van der Waals surface area (Å²) in [6.07, 6.45) is 0.714. The van der Waals surface area contributed by atoms with E-state index in [2.05, 4.69) is 10.3 Å². The topological polar surface area (TPSA) is 68.0 Å². The molecule has 2 aromatic rings. The monoisotopic (exact) mass is 281 g/mol. The Morgan fingerprint density at radius 2 is 2.11 bits per heavy atom. The van der Waals surface area contributed by atoms with Crippen molar-refractivity contribution in [1.29, 1.82) is 0 Å². The Bertz CT molecular complexity index is 539. The van der Waals surface area contributed by atoms with Crippen LogP contribution in [0.1, 0.15) is 11.3 Å². The molecule has 0 aliphatic carbocycles. The second-order valence-corrected chi connectivity index (χ2v) is 4.99. The standard InChI is InChI=1S/C12H12ClN3OS/c13-9-3-1-8(2-4-9)5-10-7-18-12(15-10)16-11(17)6-14/h1-4,7H,5-6,14H2,(H,15,16,17). The molecular weight excluding hydrogens is 270 g/mol. The average molecular weight is 282 g/mol. The van der Waals surface area contributed by atoms with Gasteiger partial charge in [0, 0.05) is 16.8 Å². The molecule has 0 saturated carbocycles. The summed E-state index contributed by atoms with van der Waals surface area (Å²) in [7, 11) is 0. The van der Waals surface area contributed by atoms with E-state index in [4.69, 9.17) is 17.3 Å². The van der Waals surface area contributed by atoms with E-state index in [1.807, 2.05) is 29.6 Å². The van der Waals surface area contributed by atoms with Crippen molar-refractivity contribution < 1.29 is 4.79 Å². The van der Waals surface area contributed by atoms with Crippen molar-refractivity contribution in [2.75, 3.05) is 11.9 Å². The van der Waals surface area contributed by atoms with E-state index in [9.17, 15) is 4.79 Å². The number of nitrogens with one attached hydrogen (secondary N) is 1. The highest BCUT2D eigenvalue weighted by Gasteiger charge is 2.05. The van der Waals surface area contributed by atoms with Gasteiger partial charge in [-0.25, -0.2) is 4.98 Å². The number of thiazole rings is 1. The molecule has 0 unspecified atom stereocenters. The van der Waals surface area contributed by atoms with Crippen LogP contribution in [0.2, 0.25) is 5.02 Å². The van der Waals surface area contributed by atoms with Gasteiger partial charge in [0.25, 0.3) is 0 Å². The van der Waals surface area contributed by atoms with Gasteiger partial charge in [-0.2, -0.15) is 0 Å². The third-order valence-electron chi connectivity index (χ3n) is 2.28. The normalized spacial score (nSPS) is 10.3. The van der Waals surface area contributed by atoms with Gasteiger partial charge in [-0.05, 0) is 17.7 Å². The number of amides is 1. The molecule has 3 N–H and O–H groups in total. The molecule has 0 spiro atoms. The molecule has 0 bridgehead atoms. The molecule has 0 fully saturated rings. The number of hydrogen-bond donors (Lipinski definition) is 2. The number of halogens is 1. The van der Waals surface area contributed by atoms with E-state index in [1.54, 1.807) is 0 Å². The van der Waals surface area contributed by atoms with Crippen LogP contribution < -0.4 is 11.1 Å². The lowest BCUT2D eigenvalue weighted by molar-refractivity contribution is -0.114. The second-order valence-electron chi connectivity index (χ2n) is 3.70. The predicted molar refractivity (Wildman–Crippen MR) is 74.1 cm³/mol. The van der Waals surface area contributed by atoms with Crippen LogP contribution in [0.5, 0.6) is 0 Å². The van der Waals surface area contributed by atoms with Crippen molar-refractivity contribution >= 4 is 34.0 Å². The van der Waals surface area contributed by atoms with Crippen molar-refractivity contribution in [2.24, 2.45) is 5.73 Å². The first-order valence-corrected chi connectivity index (χ1v) is 6.62. The highest BCUT2D eigenvalue weighted by molar-refractivity contribution is 7.13. The summed E-state index contributed by atoms with van der Waals surface area (Å²) >= 11 is 7.21. The molecule has 94 valence electrons. The van der Waals surface area contributed by atoms with Crippen LogP contribution in [0.3, 0.4) is 0 Å². The lowest BCUT2D eigenvalue weighted by Crippen LogP contribution is -2.21. The number of anilines is 1. The van der Waals surface area contributed by atoms with Crippen LogP contribution in [0.15, 0.2) is 29.6 Å². The van der Waals surface area contributed by atoms with Gasteiger partial charge in [-0.1, -0.05) is 23.7 Å². The maximum Gasteiger partial charge on any atom is 0.239 e.